The number of amidine groups is 1. The number of hydrogen-bond acceptors (Lipinski definition) is 3. The molecule has 0 saturated heterocycles. The highest BCUT2D eigenvalue weighted by atomic mass is 19.2. The molecule has 1 aliphatic rings. The minimum absolute atomic E-state index is 0.0205. The van der Waals surface area contributed by atoms with Gasteiger partial charge in [0.25, 0.3) is 11.7 Å². The van der Waals surface area contributed by atoms with Crippen molar-refractivity contribution in [3.05, 3.63) is 65.5 Å². The van der Waals surface area contributed by atoms with E-state index in [1.807, 2.05) is 12.2 Å². The summed E-state index contributed by atoms with van der Waals surface area (Å²) in [6.07, 6.45) is 5.36. The molecular weight excluding hydrogens is 330 g/mol. The molecule has 128 valence electrons. The highest BCUT2D eigenvalue weighted by molar-refractivity contribution is 5.95. The van der Waals surface area contributed by atoms with Crippen molar-refractivity contribution in [2.24, 2.45) is 10.3 Å². The lowest BCUT2D eigenvalue weighted by molar-refractivity contribution is -0.442. The Kier molecular flexibility index (Phi) is 4.75. The number of halogens is 2. The van der Waals surface area contributed by atoms with E-state index in [2.05, 4.69) is 15.3 Å². The van der Waals surface area contributed by atoms with E-state index in [-0.39, 0.29) is 17.3 Å². The molecule has 1 aromatic carbocycles. The van der Waals surface area contributed by atoms with Crippen LogP contribution in [-0.4, -0.2) is 34.7 Å². The zero-order chi connectivity index (χ0) is 17.8. The molecule has 1 amide bonds. The number of aromatic amines is 1. The van der Waals surface area contributed by atoms with Crippen LogP contribution in [0.1, 0.15) is 16.1 Å². The maximum Gasteiger partial charge on any atom is 0.271 e. The van der Waals surface area contributed by atoms with Gasteiger partial charge in [-0.25, -0.2) is 8.78 Å². The lowest BCUT2D eigenvalue weighted by Gasteiger charge is -2.13. The van der Waals surface area contributed by atoms with Gasteiger partial charge >= 0.3 is 0 Å². The Balaban J connectivity index is 1.82. The molecule has 1 aromatic heterocycles. The van der Waals surface area contributed by atoms with Crippen molar-refractivity contribution in [2.75, 3.05) is 13.1 Å². The van der Waals surface area contributed by atoms with E-state index in [0.717, 1.165) is 6.07 Å². The van der Waals surface area contributed by atoms with E-state index in [0.29, 0.717) is 24.5 Å². The average molecular weight is 345 g/mol. The molecule has 0 unspecified atom stereocenters. The normalized spacial score (nSPS) is 14.2. The summed E-state index contributed by atoms with van der Waals surface area (Å²) in [5, 5.41) is 7.88. The average Bonchev–Trinajstić information content (AvgIpc) is 3.28. The van der Waals surface area contributed by atoms with Crippen LogP contribution in [0.25, 0.3) is 0 Å². The molecule has 2 aromatic rings. The van der Waals surface area contributed by atoms with Crippen molar-refractivity contribution < 1.29 is 18.9 Å². The van der Waals surface area contributed by atoms with E-state index in [4.69, 9.17) is 5.53 Å². The van der Waals surface area contributed by atoms with Gasteiger partial charge < -0.3 is 9.88 Å². The van der Waals surface area contributed by atoms with Crippen LogP contribution in [0.5, 0.6) is 0 Å². The third-order valence-electron chi connectivity index (χ3n) is 3.73. The molecule has 9 heteroatoms. The van der Waals surface area contributed by atoms with Gasteiger partial charge in [0.2, 0.25) is 0 Å². The summed E-state index contributed by atoms with van der Waals surface area (Å²) in [7, 11) is 0. The first-order valence-electron chi connectivity index (χ1n) is 7.46. The summed E-state index contributed by atoms with van der Waals surface area (Å²) >= 11 is 0. The number of benzene rings is 1. The van der Waals surface area contributed by atoms with Crippen LogP contribution >= 0.6 is 0 Å². The van der Waals surface area contributed by atoms with E-state index in [9.17, 15) is 13.6 Å². The lowest BCUT2D eigenvalue weighted by Crippen LogP contribution is -2.82. The number of quaternary nitrogens is 1. The molecule has 7 nitrogen and oxygen atoms in total. The summed E-state index contributed by atoms with van der Waals surface area (Å²) in [4.78, 5) is 16.8. The smallest absolute Gasteiger partial charge is 0.271 e. The van der Waals surface area contributed by atoms with Gasteiger partial charge in [-0.15, -0.1) is 0 Å². The topological polar surface area (TPSA) is 101 Å². The van der Waals surface area contributed by atoms with Crippen LogP contribution in [0.4, 0.5) is 14.5 Å². The van der Waals surface area contributed by atoms with Crippen molar-refractivity contribution in [1.82, 2.24) is 9.88 Å². The Morgan fingerprint density at radius 2 is 2.04 bits per heavy atom. The van der Waals surface area contributed by atoms with Gasteiger partial charge in [0.05, 0.1) is 11.8 Å². The van der Waals surface area contributed by atoms with Crippen LogP contribution < -0.4 is 5.32 Å². The van der Waals surface area contributed by atoms with Crippen molar-refractivity contribution in [2.45, 2.75) is 0 Å². The molecule has 0 aliphatic carbocycles. The van der Waals surface area contributed by atoms with Crippen LogP contribution in [0.15, 0.2) is 52.9 Å². The largest absolute Gasteiger partial charge is 0.352 e. The Labute approximate surface area is 141 Å². The number of amides is 1. The SMILES string of the molecule is N=N/N=C(\[NH2+]c1c[nH]c(C(=O)N2CC=CC2)c1)c1cccc(F)c1F. The molecule has 2 heterocycles. The van der Waals surface area contributed by atoms with Gasteiger partial charge in [-0.3, -0.25) is 10.1 Å². The number of hydrogen-bond donors (Lipinski definition) is 3. The Hall–Kier alpha value is -3.20. The quantitative estimate of drug-likeness (QED) is 0.255. The summed E-state index contributed by atoms with van der Waals surface area (Å²) in [5.74, 6) is -2.27. The first-order chi connectivity index (χ1) is 12.1. The van der Waals surface area contributed by atoms with E-state index >= 15 is 0 Å². The third-order valence-corrected chi connectivity index (χ3v) is 3.73. The van der Waals surface area contributed by atoms with Crippen LogP contribution in [0.2, 0.25) is 0 Å². The summed E-state index contributed by atoms with van der Waals surface area (Å²) in [6.45, 7) is 1.10. The highest BCUT2D eigenvalue weighted by Gasteiger charge is 2.22. The van der Waals surface area contributed by atoms with Crippen molar-refractivity contribution in [3.8, 4) is 0 Å². The second-order valence-corrected chi connectivity index (χ2v) is 5.36. The summed E-state index contributed by atoms with van der Waals surface area (Å²) in [5.41, 5.74) is 7.67. The molecule has 0 radical (unpaired) electrons. The van der Waals surface area contributed by atoms with Crippen LogP contribution in [0, 0.1) is 17.2 Å². The zero-order valence-electron chi connectivity index (χ0n) is 13.0. The van der Waals surface area contributed by atoms with E-state index in [1.165, 1.54) is 17.4 Å². The van der Waals surface area contributed by atoms with Crippen molar-refractivity contribution in [1.29, 1.82) is 5.53 Å². The van der Waals surface area contributed by atoms with E-state index < -0.39 is 11.6 Å². The molecule has 25 heavy (non-hydrogen) atoms. The van der Waals surface area contributed by atoms with Gasteiger partial charge in [-0.1, -0.05) is 23.3 Å². The standard InChI is InChI=1S/C16H14F2N6O/c17-12-5-3-4-11(14(12)18)15(22-23-19)21-10-8-13(20-9-10)16(25)24-6-1-2-7-24/h1-5,8-9,20H,6-7H2,(H2,19,21,22)/p+1. The number of nitrogens with zero attached hydrogens (tertiary/aromatic N) is 3. The predicted octanol–water partition coefficient (Wildman–Crippen LogP) is 1.89. The second-order valence-electron chi connectivity index (χ2n) is 5.36. The van der Waals surface area contributed by atoms with Gasteiger partial charge in [-0.2, -0.15) is 5.53 Å². The minimum atomic E-state index is -1.07. The maximum absolute atomic E-state index is 14.0. The Bertz CT molecular complexity index is 865. The van der Waals surface area contributed by atoms with Crippen molar-refractivity contribution in [3.63, 3.8) is 0 Å². The monoisotopic (exact) mass is 345 g/mol. The number of nitrogens with two attached hydrogens (primary N) is 1. The highest BCUT2D eigenvalue weighted by Crippen LogP contribution is 2.13. The molecule has 3 rings (SSSR count). The lowest BCUT2D eigenvalue weighted by atomic mass is 10.2. The summed E-state index contributed by atoms with van der Waals surface area (Å²) in [6, 6.07) is 5.25. The minimum Gasteiger partial charge on any atom is -0.352 e. The first-order valence-corrected chi connectivity index (χ1v) is 7.46. The van der Waals surface area contributed by atoms with Gasteiger partial charge in [0.1, 0.15) is 5.69 Å². The number of carbonyl (C=O) groups is 1. The van der Waals surface area contributed by atoms with Gasteiger partial charge in [0.15, 0.2) is 17.3 Å². The second kappa shape index (κ2) is 7.14. The molecule has 0 fully saturated rings. The fraction of sp³-hybridized carbons (Fsp3) is 0.125. The molecule has 0 bridgehead atoms. The number of nitrogens with one attached hydrogen (secondary N) is 2. The van der Waals surface area contributed by atoms with E-state index in [1.54, 1.807) is 17.2 Å². The first kappa shape index (κ1) is 16.7. The maximum atomic E-state index is 14.0. The van der Waals surface area contributed by atoms with Crippen molar-refractivity contribution >= 4 is 17.4 Å². The fourth-order valence-corrected chi connectivity index (χ4v) is 2.51. The summed E-state index contributed by atoms with van der Waals surface area (Å²) < 4.78 is 27.4. The van der Waals surface area contributed by atoms with Gasteiger partial charge in [0, 0.05) is 19.2 Å². The Morgan fingerprint density at radius 1 is 1.28 bits per heavy atom. The fourth-order valence-electron chi connectivity index (χ4n) is 2.51. The predicted molar refractivity (Wildman–Crippen MR) is 85.5 cm³/mol. The zero-order valence-corrected chi connectivity index (χ0v) is 13.0. The molecule has 0 spiro atoms. The number of aromatic nitrogens is 1. The third kappa shape index (κ3) is 3.50. The van der Waals surface area contributed by atoms with Gasteiger partial charge in [-0.05, 0) is 17.4 Å². The number of carbonyl (C=O) groups excluding carboxylic acids is 1. The molecule has 4 N–H and O–H groups in total. The molecule has 1 aliphatic heterocycles. The van der Waals surface area contributed by atoms with Crippen LogP contribution in [-0.2, 0) is 0 Å². The van der Waals surface area contributed by atoms with Crippen LogP contribution in [0.3, 0.4) is 0 Å². The number of rotatable bonds is 4. The Morgan fingerprint density at radius 3 is 2.76 bits per heavy atom. The number of H-pyrrole nitrogens is 1. The molecule has 0 saturated carbocycles. The molecular formula is C16H15F2N6O+. The molecule has 0 atom stereocenters.